The molecule has 0 aliphatic carbocycles. The molecule has 1 heterocycles. The lowest BCUT2D eigenvalue weighted by molar-refractivity contribution is 0.288. The highest BCUT2D eigenvalue weighted by atomic mass is 16.5. The summed E-state index contributed by atoms with van der Waals surface area (Å²) in [5.41, 5.74) is 9.71. The van der Waals surface area contributed by atoms with Gasteiger partial charge in [0.1, 0.15) is 18.5 Å². The molecule has 2 N–H and O–H groups in total. The van der Waals surface area contributed by atoms with Crippen LogP contribution < -0.4 is 10.5 Å². The molecule has 0 aliphatic heterocycles. The topological polar surface area (TPSA) is 76.9 Å². The first-order valence-corrected chi connectivity index (χ1v) is 7.46. The van der Waals surface area contributed by atoms with Gasteiger partial charge in [-0.15, -0.1) is 5.10 Å². The smallest absolute Gasteiger partial charge is 0.253 e. The summed E-state index contributed by atoms with van der Waals surface area (Å²) in [5, 5.41) is 13.5. The zero-order chi connectivity index (χ0) is 16.3. The molecule has 0 saturated heterocycles. The third-order valence-corrected chi connectivity index (χ3v) is 3.78. The summed E-state index contributed by atoms with van der Waals surface area (Å²) in [6.45, 7) is 9.27. The van der Waals surface area contributed by atoms with Crippen molar-refractivity contribution in [1.82, 2.24) is 9.78 Å². The molecule has 0 atom stereocenters. The van der Waals surface area contributed by atoms with Gasteiger partial charge in [0.25, 0.3) is 5.88 Å². The van der Waals surface area contributed by atoms with Gasteiger partial charge in [-0.2, -0.15) is 5.26 Å². The second kappa shape index (κ2) is 6.52. The van der Waals surface area contributed by atoms with Gasteiger partial charge < -0.3 is 10.5 Å². The Bertz CT molecular complexity index is 710. The van der Waals surface area contributed by atoms with Crippen LogP contribution in [0.3, 0.4) is 0 Å². The largest absolute Gasteiger partial charge is 0.471 e. The number of nitrogens with two attached hydrogens (primary N) is 1. The minimum absolute atomic E-state index is 0.302. The average Bonchev–Trinajstić information content (AvgIpc) is 2.81. The summed E-state index contributed by atoms with van der Waals surface area (Å²) in [6.07, 6.45) is 0. The number of aryl methyl sites for hydroxylation is 2. The molecule has 2 rings (SSSR count). The van der Waals surface area contributed by atoms with E-state index in [1.807, 2.05) is 13.8 Å². The summed E-state index contributed by atoms with van der Waals surface area (Å²) in [7, 11) is 0. The van der Waals surface area contributed by atoms with Crippen molar-refractivity contribution in [3.8, 4) is 11.9 Å². The molecule has 0 unspecified atom stereocenters. The minimum Gasteiger partial charge on any atom is -0.471 e. The predicted molar refractivity (Wildman–Crippen MR) is 86.6 cm³/mol. The molecule has 0 spiro atoms. The molecular formula is C17H22N4O. The Morgan fingerprint density at radius 3 is 2.73 bits per heavy atom. The van der Waals surface area contributed by atoms with E-state index in [2.05, 4.69) is 43.2 Å². The molecule has 116 valence electrons. The number of nitrogen functional groups attached to an aromatic ring is 1. The highest BCUT2D eigenvalue weighted by Crippen LogP contribution is 2.25. The molecule has 0 bridgehead atoms. The van der Waals surface area contributed by atoms with E-state index in [4.69, 9.17) is 10.5 Å². The normalized spacial score (nSPS) is 10.7. The van der Waals surface area contributed by atoms with Gasteiger partial charge >= 0.3 is 0 Å². The quantitative estimate of drug-likeness (QED) is 0.918. The molecule has 0 saturated carbocycles. The monoisotopic (exact) mass is 298 g/mol. The van der Waals surface area contributed by atoms with Crippen molar-refractivity contribution in [1.29, 1.82) is 5.26 Å². The van der Waals surface area contributed by atoms with Crippen molar-refractivity contribution in [3.63, 3.8) is 0 Å². The van der Waals surface area contributed by atoms with Crippen molar-refractivity contribution in [2.24, 2.45) is 0 Å². The molecule has 0 radical (unpaired) electrons. The van der Waals surface area contributed by atoms with Crippen LogP contribution in [0.15, 0.2) is 18.2 Å². The Morgan fingerprint density at radius 1 is 1.41 bits per heavy atom. The number of anilines is 1. The molecule has 1 aromatic carbocycles. The van der Waals surface area contributed by atoms with Gasteiger partial charge in [0.2, 0.25) is 0 Å². The summed E-state index contributed by atoms with van der Waals surface area (Å²) in [6, 6.07) is 8.44. The summed E-state index contributed by atoms with van der Waals surface area (Å²) < 4.78 is 7.33. The number of nitriles is 1. The van der Waals surface area contributed by atoms with Crippen molar-refractivity contribution >= 4 is 5.82 Å². The SMILES string of the molecule is CCn1nc(OCc2cc(C(C)C)ccc2C)c(C#N)c1N. The van der Waals surface area contributed by atoms with Crippen molar-refractivity contribution in [3.05, 3.63) is 40.5 Å². The molecule has 22 heavy (non-hydrogen) atoms. The number of ether oxygens (including phenoxy) is 1. The van der Waals surface area contributed by atoms with Crippen LogP contribution in [0.2, 0.25) is 0 Å². The molecule has 5 heteroatoms. The maximum Gasteiger partial charge on any atom is 0.253 e. The first-order valence-electron chi connectivity index (χ1n) is 7.46. The van der Waals surface area contributed by atoms with Crippen LogP contribution in [0.5, 0.6) is 5.88 Å². The highest BCUT2D eigenvalue weighted by Gasteiger charge is 2.16. The zero-order valence-electron chi connectivity index (χ0n) is 13.6. The molecule has 5 nitrogen and oxygen atoms in total. The number of rotatable bonds is 5. The lowest BCUT2D eigenvalue weighted by atomic mass is 9.98. The van der Waals surface area contributed by atoms with Gasteiger partial charge in [0, 0.05) is 6.54 Å². The van der Waals surface area contributed by atoms with E-state index in [0.717, 1.165) is 11.1 Å². The van der Waals surface area contributed by atoms with Crippen molar-refractivity contribution in [2.75, 3.05) is 5.73 Å². The second-order valence-electron chi connectivity index (χ2n) is 5.62. The third-order valence-electron chi connectivity index (χ3n) is 3.78. The lowest BCUT2D eigenvalue weighted by Crippen LogP contribution is -2.03. The maximum atomic E-state index is 9.21. The molecular weight excluding hydrogens is 276 g/mol. The van der Waals surface area contributed by atoms with Crippen LogP contribution in [0.25, 0.3) is 0 Å². The summed E-state index contributed by atoms with van der Waals surface area (Å²) >= 11 is 0. The minimum atomic E-state index is 0.302. The fourth-order valence-corrected chi connectivity index (χ4v) is 2.25. The van der Waals surface area contributed by atoms with Gasteiger partial charge in [-0.3, -0.25) is 0 Å². The number of hydrogen-bond acceptors (Lipinski definition) is 4. The predicted octanol–water partition coefficient (Wildman–Crippen LogP) is 3.37. The third kappa shape index (κ3) is 3.06. The van der Waals surface area contributed by atoms with Crippen molar-refractivity contribution < 1.29 is 4.74 Å². The van der Waals surface area contributed by atoms with Gasteiger partial charge in [-0.1, -0.05) is 32.0 Å². The first kappa shape index (κ1) is 15.9. The second-order valence-corrected chi connectivity index (χ2v) is 5.62. The van der Waals surface area contributed by atoms with Gasteiger partial charge in [-0.25, -0.2) is 4.68 Å². The fraction of sp³-hybridized carbons (Fsp3) is 0.412. The van der Waals surface area contributed by atoms with Crippen LogP contribution in [0.1, 0.15) is 48.9 Å². The van der Waals surface area contributed by atoms with Crippen LogP contribution in [0.4, 0.5) is 5.82 Å². The molecule has 2 aromatic rings. The number of hydrogen-bond donors (Lipinski definition) is 1. The molecule has 0 fully saturated rings. The van der Waals surface area contributed by atoms with E-state index in [1.165, 1.54) is 5.56 Å². The van der Waals surface area contributed by atoms with Crippen LogP contribution in [-0.2, 0) is 13.2 Å². The maximum absolute atomic E-state index is 9.21. The van der Waals surface area contributed by atoms with Gasteiger partial charge in [0.15, 0.2) is 5.56 Å². The van der Waals surface area contributed by atoms with E-state index in [9.17, 15) is 5.26 Å². The Balaban J connectivity index is 2.24. The number of nitrogens with zero attached hydrogens (tertiary/aromatic N) is 3. The first-order chi connectivity index (χ1) is 10.5. The van der Waals surface area contributed by atoms with E-state index in [1.54, 1.807) is 4.68 Å². The van der Waals surface area contributed by atoms with Gasteiger partial charge in [-0.05, 0) is 36.5 Å². The summed E-state index contributed by atoms with van der Waals surface area (Å²) in [5.74, 6) is 1.12. The summed E-state index contributed by atoms with van der Waals surface area (Å²) in [4.78, 5) is 0. The Hall–Kier alpha value is -2.48. The van der Waals surface area contributed by atoms with E-state index in [0.29, 0.717) is 36.3 Å². The Morgan fingerprint density at radius 2 is 2.14 bits per heavy atom. The van der Waals surface area contributed by atoms with Gasteiger partial charge in [0.05, 0.1) is 0 Å². The van der Waals surface area contributed by atoms with Crippen LogP contribution in [-0.4, -0.2) is 9.78 Å². The Kier molecular flexibility index (Phi) is 4.71. The van der Waals surface area contributed by atoms with E-state index in [-0.39, 0.29) is 0 Å². The number of benzene rings is 1. The van der Waals surface area contributed by atoms with Crippen molar-refractivity contribution in [2.45, 2.75) is 46.8 Å². The zero-order valence-corrected chi connectivity index (χ0v) is 13.6. The Labute approximate surface area is 131 Å². The highest BCUT2D eigenvalue weighted by molar-refractivity contribution is 5.55. The molecule has 0 aliphatic rings. The van der Waals surface area contributed by atoms with Crippen LogP contribution >= 0.6 is 0 Å². The van der Waals surface area contributed by atoms with E-state index < -0.39 is 0 Å². The lowest BCUT2D eigenvalue weighted by Gasteiger charge is -2.11. The standard InChI is InChI=1S/C17H22N4O/c1-5-21-16(19)15(9-18)17(20-21)22-10-14-8-13(11(2)3)7-6-12(14)4/h6-8,11H,5,10,19H2,1-4H3. The van der Waals surface area contributed by atoms with E-state index >= 15 is 0 Å². The number of aromatic nitrogens is 2. The average molecular weight is 298 g/mol. The van der Waals surface area contributed by atoms with Crippen LogP contribution in [0, 0.1) is 18.3 Å². The molecule has 1 aromatic heterocycles. The fourth-order valence-electron chi connectivity index (χ4n) is 2.25. The molecule has 0 amide bonds.